The van der Waals surface area contributed by atoms with Crippen molar-refractivity contribution >= 4 is 0 Å². The second-order valence-electron chi connectivity index (χ2n) is 4.35. The van der Waals surface area contributed by atoms with Gasteiger partial charge in [0.15, 0.2) is 0 Å². The summed E-state index contributed by atoms with van der Waals surface area (Å²) in [6.07, 6.45) is 7.20. The maximum Gasteiger partial charge on any atom is 0.0840 e. The Bertz CT molecular complexity index is 169. The summed E-state index contributed by atoms with van der Waals surface area (Å²) < 4.78 is 11.5. The van der Waals surface area contributed by atoms with Crippen molar-refractivity contribution in [3.63, 3.8) is 0 Å². The van der Waals surface area contributed by atoms with Gasteiger partial charge in [-0.1, -0.05) is 12.8 Å². The van der Waals surface area contributed by atoms with E-state index < -0.39 is 0 Å². The van der Waals surface area contributed by atoms with E-state index in [4.69, 9.17) is 9.47 Å². The molecule has 1 N–H and O–H groups in total. The van der Waals surface area contributed by atoms with Crippen LogP contribution in [0, 0.1) is 0 Å². The van der Waals surface area contributed by atoms with Crippen LogP contribution in [0.4, 0.5) is 0 Å². The van der Waals surface area contributed by atoms with E-state index in [-0.39, 0.29) is 0 Å². The Morgan fingerprint density at radius 3 is 2.50 bits per heavy atom. The van der Waals surface area contributed by atoms with Crippen molar-refractivity contribution in [1.82, 2.24) is 5.32 Å². The lowest BCUT2D eigenvalue weighted by atomic mass is 9.94. The van der Waals surface area contributed by atoms with Crippen molar-refractivity contribution in [3.05, 3.63) is 0 Å². The Morgan fingerprint density at radius 2 is 1.86 bits per heavy atom. The highest BCUT2D eigenvalue weighted by atomic mass is 16.5. The average Bonchev–Trinajstić information content (AvgIpc) is 2.71. The second-order valence-corrected chi connectivity index (χ2v) is 4.35. The maximum atomic E-state index is 6.07. The SMILES string of the molecule is COC1CCCCC1OC1CCNC1. The number of hydrogen-bond donors (Lipinski definition) is 1. The summed E-state index contributed by atoms with van der Waals surface area (Å²) in [7, 11) is 1.80. The molecule has 14 heavy (non-hydrogen) atoms. The summed E-state index contributed by atoms with van der Waals surface area (Å²) in [4.78, 5) is 0. The molecule has 0 radical (unpaired) electrons. The van der Waals surface area contributed by atoms with Crippen molar-refractivity contribution in [2.24, 2.45) is 0 Å². The molecule has 3 heteroatoms. The molecule has 0 aromatic carbocycles. The van der Waals surface area contributed by atoms with Gasteiger partial charge in [0.1, 0.15) is 0 Å². The van der Waals surface area contributed by atoms with Crippen LogP contribution in [0.1, 0.15) is 32.1 Å². The van der Waals surface area contributed by atoms with Gasteiger partial charge in [-0.3, -0.25) is 0 Å². The monoisotopic (exact) mass is 199 g/mol. The minimum Gasteiger partial charge on any atom is -0.379 e. The van der Waals surface area contributed by atoms with Crippen LogP contribution >= 0.6 is 0 Å². The molecule has 2 aliphatic rings. The highest BCUT2D eigenvalue weighted by Gasteiger charge is 2.29. The molecule has 3 nitrogen and oxygen atoms in total. The van der Waals surface area contributed by atoms with E-state index in [0.717, 1.165) is 19.5 Å². The molecule has 1 saturated carbocycles. The Morgan fingerprint density at radius 1 is 1.07 bits per heavy atom. The minimum absolute atomic E-state index is 0.337. The summed E-state index contributed by atoms with van der Waals surface area (Å²) in [5.41, 5.74) is 0. The second kappa shape index (κ2) is 5.10. The highest BCUT2D eigenvalue weighted by Crippen LogP contribution is 2.25. The predicted molar refractivity (Wildman–Crippen MR) is 55.4 cm³/mol. The Kier molecular flexibility index (Phi) is 3.79. The summed E-state index contributed by atoms with van der Waals surface area (Å²) >= 11 is 0. The van der Waals surface area contributed by atoms with Gasteiger partial charge in [0.2, 0.25) is 0 Å². The largest absolute Gasteiger partial charge is 0.379 e. The maximum absolute atomic E-state index is 6.07. The highest BCUT2D eigenvalue weighted by molar-refractivity contribution is 4.80. The van der Waals surface area contributed by atoms with Gasteiger partial charge in [-0.05, 0) is 25.8 Å². The fourth-order valence-corrected chi connectivity index (χ4v) is 2.48. The zero-order valence-electron chi connectivity index (χ0n) is 9.00. The van der Waals surface area contributed by atoms with Crippen molar-refractivity contribution in [1.29, 1.82) is 0 Å². The summed E-state index contributed by atoms with van der Waals surface area (Å²) in [5, 5.41) is 3.33. The first-order valence-corrected chi connectivity index (χ1v) is 5.79. The number of rotatable bonds is 3. The number of ether oxygens (including phenoxy) is 2. The van der Waals surface area contributed by atoms with E-state index in [1.807, 2.05) is 0 Å². The average molecular weight is 199 g/mol. The lowest BCUT2D eigenvalue weighted by Gasteiger charge is -2.32. The van der Waals surface area contributed by atoms with Crippen LogP contribution in [-0.4, -0.2) is 38.5 Å². The van der Waals surface area contributed by atoms with E-state index in [1.54, 1.807) is 7.11 Å². The number of hydrogen-bond acceptors (Lipinski definition) is 3. The van der Waals surface area contributed by atoms with Crippen LogP contribution in [-0.2, 0) is 9.47 Å². The fourth-order valence-electron chi connectivity index (χ4n) is 2.48. The van der Waals surface area contributed by atoms with Crippen LogP contribution in [0.2, 0.25) is 0 Å². The van der Waals surface area contributed by atoms with Gasteiger partial charge in [0.05, 0.1) is 18.3 Å². The lowest BCUT2D eigenvalue weighted by Crippen LogP contribution is -2.37. The molecule has 1 aliphatic heterocycles. The Labute approximate surface area is 86.2 Å². The third-order valence-corrected chi connectivity index (χ3v) is 3.33. The van der Waals surface area contributed by atoms with Gasteiger partial charge in [0, 0.05) is 13.7 Å². The number of methoxy groups -OCH3 is 1. The minimum atomic E-state index is 0.337. The molecule has 3 atom stereocenters. The van der Waals surface area contributed by atoms with Crippen molar-refractivity contribution in [2.45, 2.75) is 50.4 Å². The van der Waals surface area contributed by atoms with Gasteiger partial charge in [0.25, 0.3) is 0 Å². The van der Waals surface area contributed by atoms with Crippen LogP contribution in [0.15, 0.2) is 0 Å². The van der Waals surface area contributed by atoms with Crippen LogP contribution in [0.5, 0.6) is 0 Å². The first kappa shape index (κ1) is 10.4. The molecular weight excluding hydrogens is 178 g/mol. The van der Waals surface area contributed by atoms with Gasteiger partial charge < -0.3 is 14.8 Å². The Hall–Kier alpha value is -0.120. The summed E-state index contributed by atoms with van der Waals surface area (Å²) in [6.45, 7) is 2.13. The van der Waals surface area contributed by atoms with Gasteiger partial charge in [-0.2, -0.15) is 0 Å². The molecule has 1 aliphatic carbocycles. The van der Waals surface area contributed by atoms with Gasteiger partial charge in [-0.25, -0.2) is 0 Å². The molecule has 1 heterocycles. The molecule has 2 rings (SSSR count). The molecule has 82 valence electrons. The van der Waals surface area contributed by atoms with Crippen molar-refractivity contribution in [3.8, 4) is 0 Å². The zero-order chi connectivity index (χ0) is 9.80. The van der Waals surface area contributed by atoms with E-state index >= 15 is 0 Å². The van der Waals surface area contributed by atoms with E-state index in [2.05, 4.69) is 5.32 Å². The predicted octanol–water partition coefficient (Wildman–Crippen LogP) is 1.32. The van der Waals surface area contributed by atoms with E-state index in [0.29, 0.717) is 18.3 Å². The molecule has 0 aromatic rings. The fraction of sp³-hybridized carbons (Fsp3) is 1.00. The summed E-state index contributed by atoms with van der Waals surface area (Å²) in [5.74, 6) is 0. The van der Waals surface area contributed by atoms with Gasteiger partial charge in [-0.15, -0.1) is 0 Å². The van der Waals surface area contributed by atoms with Crippen molar-refractivity contribution in [2.75, 3.05) is 20.2 Å². The molecule has 2 fully saturated rings. The standard InChI is InChI=1S/C11H21NO2/c1-13-10-4-2-3-5-11(10)14-9-6-7-12-8-9/h9-12H,2-8H2,1H3. The third-order valence-electron chi connectivity index (χ3n) is 3.33. The topological polar surface area (TPSA) is 30.5 Å². The van der Waals surface area contributed by atoms with Crippen molar-refractivity contribution < 1.29 is 9.47 Å². The first-order valence-electron chi connectivity index (χ1n) is 5.79. The zero-order valence-corrected chi connectivity index (χ0v) is 9.00. The van der Waals surface area contributed by atoms with E-state index in [9.17, 15) is 0 Å². The first-order chi connectivity index (χ1) is 6.90. The molecule has 0 amide bonds. The Balaban J connectivity index is 1.81. The molecule has 0 spiro atoms. The normalized spacial score (nSPS) is 38.8. The quantitative estimate of drug-likeness (QED) is 0.743. The molecule has 0 bridgehead atoms. The van der Waals surface area contributed by atoms with Crippen LogP contribution in [0.25, 0.3) is 0 Å². The van der Waals surface area contributed by atoms with E-state index in [1.165, 1.54) is 25.7 Å². The number of nitrogens with one attached hydrogen (secondary N) is 1. The molecular formula is C11H21NO2. The van der Waals surface area contributed by atoms with Crippen LogP contribution in [0.3, 0.4) is 0 Å². The smallest absolute Gasteiger partial charge is 0.0840 e. The molecule has 0 aromatic heterocycles. The van der Waals surface area contributed by atoms with Crippen LogP contribution < -0.4 is 5.32 Å². The lowest BCUT2D eigenvalue weighted by molar-refractivity contribution is -0.101. The third kappa shape index (κ3) is 2.47. The molecule has 3 unspecified atom stereocenters. The summed E-state index contributed by atoms with van der Waals surface area (Å²) in [6, 6.07) is 0. The van der Waals surface area contributed by atoms with Gasteiger partial charge >= 0.3 is 0 Å². The molecule has 1 saturated heterocycles.